The van der Waals surface area contributed by atoms with Crippen LogP contribution in [0.2, 0.25) is 0 Å². The Balaban J connectivity index is 2.25. The van der Waals surface area contributed by atoms with Crippen molar-refractivity contribution >= 4 is 17.4 Å². The van der Waals surface area contributed by atoms with Gasteiger partial charge in [0.15, 0.2) is 5.78 Å². The molecule has 1 aliphatic rings. The second kappa shape index (κ2) is 3.91. The molecule has 0 aromatic carbocycles. The Morgan fingerprint density at radius 3 is 2.60 bits per heavy atom. The van der Waals surface area contributed by atoms with Crippen LogP contribution in [0.15, 0.2) is 0 Å². The third kappa shape index (κ3) is 1.94. The van der Waals surface area contributed by atoms with Crippen LogP contribution >= 0.6 is 11.6 Å². The van der Waals surface area contributed by atoms with Crippen molar-refractivity contribution in [2.75, 3.05) is 19.1 Å². The predicted octanol–water partition coefficient (Wildman–Crippen LogP) is 0.557. The molecule has 0 unspecified atom stereocenters. The maximum absolute atomic E-state index is 10.9. The standard InChI is InChI=1S/C6H9ClO3/c7-2-1-5(8)6-9-3-4-10-6/h6H,1-4H2. The summed E-state index contributed by atoms with van der Waals surface area (Å²) >= 11 is 5.34. The molecule has 1 heterocycles. The molecule has 0 bridgehead atoms. The lowest BCUT2D eigenvalue weighted by molar-refractivity contribution is -0.143. The smallest absolute Gasteiger partial charge is 0.217 e. The summed E-state index contributed by atoms with van der Waals surface area (Å²) in [4.78, 5) is 10.9. The molecule has 0 aromatic rings. The Morgan fingerprint density at radius 2 is 2.10 bits per heavy atom. The van der Waals surface area contributed by atoms with Crippen LogP contribution in [0.1, 0.15) is 6.42 Å². The zero-order valence-electron chi connectivity index (χ0n) is 5.51. The Morgan fingerprint density at radius 1 is 1.50 bits per heavy atom. The van der Waals surface area contributed by atoms with Gasteiger partial charge >= 0.3 is 0 Å². The Kier molecular flexibility index (Phi) is 3.12. The van der Waals surface area contributed by atoms with Crippen LogP contribution in [0.25, 0.3) is 0 Å². The van der Waals surface area contributed by atoms with Crippen molar-refractivity contribution in [1.29, 1.82) is 0 Å². The number of rotatable bonds is 3. The van der Waals surface area contributed by atoms with E-state index in [1.807, 2.05) is 0 Å². The van der Waals surface area contributed by atoms with Gasteiger partial charge in [-0.1, -0.05) is 0 Å². The van der Waals surface area contributed by atoms with E-state index in [1.54, 1.807) is 0 Å². The first-order valence-electron chi connectivity index (χ1n) is 3.16. The fourth-order valence-electron chi connectivity index (χ4n) is 0.755. The lowest BCUT2D eigenvalue weighted by Crippen LogP contribution is -2.21. The Bertz CT molecular complexity index is 120. The SMILES string of the molecule is O=C(CCCl)C1OCCO1. The molecule has 1 saturated heterocycles. The van der Waals surface area contributed by atoms with Gasteiger partial charge in [0, 0.05) is 12.3 Å². The average molecular weight is 165 g/mol. The fraction of sp³-hybridized carbons (Fsp3) is 0.833. The number of carbonyl (C=O) groups excluding carboxylic acids is 1. The van der Waals surface area contributed by atoms with Crippen molar-refractivity contribution in [3.8, 4) is 0 Å². The predicted molar refractivity (Wildman–Crippen MR) is 36.0 cm³/mol. The second-order valence-electron chi connectivity index (χ2n) is 1.98. The molecule has 0 atom stereocenters. The molecule has 1 fully saturated rings. The van der Waals surface area contributed by atoms with Crippen molar-refractivity contribution in [3.63, 3.8) is 0 Å². The van der Waals surface area contributed by atoms with E-state index in [0.29, 0.717) is 25.5 Å². The van der Waals surface area contributed by atoms with E-state index in [1.165, 1.54) is 0 Å². The van der Waals surface area contributed by atoms with Crippen molar-refractivity contribution in [3.05, 3.63) is 0 Å². The van der Waals surface area contributed by atoms with Gasteiger partial charge in [-0.2, -0.15) is 0 Å². The molecule has 0 spiro atoms. The fourth-order valence-corrected chi connectivity index (χ4v) is 0.942. The van der Waals surface area contributed by atoms with Gasteiger partial charge in [0.2, 0.25) is 6.29 Å². The molecule has 0 aliphatic carbocycles. The number of carbonyl (C=O) groups is 1. The largest absolute Gasteiger partial charge is 0.344 e. The van der Waals surface area contributed by atoms with E-state index in [0.717, 1.165) is 0 Å². The van der Waals surface area contributed by atoms with Crippen LogP contribution < -0.4 is 0 Å². The Labute approximate surface area is 64.3 Å². The number of Topliss-reactive ketones (excluding diaryl/α,β-unsaturated/α-hetero) is 1. The van der Waals surface area contributed by atoms with E-state index in [-0.39, 0.29) is 5.78 Å². The maximum atomic E-state index is 10.9. The van der Waals surface area contributed by atoms with Gasteiger partial charge in [0.25, 0.3) is 0 Å². The lowest BCUT2D eigenvalue weighted by atomic mass is 10.3. The summed E-state index contributed by atoms with van der Waals surface area (Å²) in [5.41, 5.74) is 0. The molecular weight excluding hydrogens is 156 g/mol. The van der Waals surface area contributed by atoms with Crippen molar-refractivity contribution in [1.82, 2.24) is 0 Å². The molecule has 58 valence electrons. The maximum Gasteiger partial charge on any atom is 0.217 e. The molecule has 0 radical (unpaired) electrons. The van der Waals surface area contributed by atoms with Gasteiger partial charge in [0.1, 0.15) is 0 Å². The van der Waals surface area contributed by atoms with Crippen LogP contribution in [0, 0.1) is 0 Å². The van der Waals surface area contributed by atoms with E-state index in [2.05, 4.69) is 0 Å². The summed E-state index contributed by atoms with van der Waals surface area (Å²) in [6, 6.07) is 0. The zero-order valence-corrected chi connectivity index (χ0v) is 6.26. The summed E-state index contributed by atoms with van der Waals surface area (Å²) in [6.45, 7) is 1.03. The van der Waals surface area contributed by atoms with E-state index < -0.39 is 6.29 Å². The number of ketones is 1. The summed E-state index contributed by atoms with van der Waals surface area (Å²) in [5.74, 6) is 0.273. The van der Waals surface area contributed by atoms with Crippen LogP contribution in [0.3, 0.4) is 0 Å². The highest BCUT2D eigenvalue weighted by atomic mass is 35.5. The summed E-state index contributed by atoms with van der Waals surface area (Å²) < 4.78 is 9.87. The molecule has 3 nitrogen and oxygen atoms in total. The van der Waals surface area contributed by atoms with Gasteiger partial charge in [-0.15, -0.1) is 11.6 Å². The number of ether oxygens (including phenoxy) is 2. The molecule has 0 aromatic heterocycles. The second-order valence-corrected chi connectivity index (χ2v) is 2.36. The average Bonchev–Trinajstić information content (AvgIpc) is 2.38. The number of halogens is 1. The van der Waals surface area contributed by atoms with E-state index >= 15 is 0 Å². The molecule has 10 heavy (non-hydrogen) atoms. The van der Waals surface area contributed by atoms with E-state index in [9.17, 15) is 4.79 Å². The normalized spacial score (nSPS) is 19.7. The molecule has 0 N–H and O–H groups in total. The summed E-state index contributed by atoms with van der Waals surface area (Å²) in [5, 5.41) is 0. The first kappa shape index (κ1) is 7.98. The molecule has 1 aliphatic heterocycles. The number of hydrogen-bond donors (Lipinski definition) is 0. The molecule has 1 rings (SSSR count). The first-order chi connectivity index (χ1) is 4.84. The van der Waals surface area contributed by atoms with Crippen LogP contribution in [-0.2, 0) is 14.3 Å². The monoisotopic (exact) mass is 164 g/mol. The highest BCUT2D eigenvalue weighted by Gasteiger charge is 2.23. The highest BCUT2D eigenvalue weighted by Crippen LogP contribution is 2.06. The lowest BCUT2D eigenvalue weighted by Gasteiger charge is -2.04. The van der Waals surface area contributed by atoms with Gasteiger partial charge in [-0.3, -0.25) is 4.79 Å². The van der Waals surface area contributed by atoms with Gasteiger partial charge in [-0.25, -0.2) is 0 Å². The minimum atomic E-state index is -0.640. The minimum absolute atomic E-state index is 0.0625. The molecular formula is C6H9ClO3. The van der Waals surface area contributed by atoms with Crippen LogP contribution in [-0.4, -0.2) is 31.2 Å². The van der Waals surface area contributed by atoms with Crippen LogP contribution in [0.5, 0.6) is 0 Å². The molecule has 0 amide bonds. The van der Waals surface area contributed by atoms with Gasteiger partial charge in [-0.05, 0) is 0 Å². The third-order valence-electron chi connectivity index (χ3n) is 1.23. The summed E-state index contributed by atoms with van der Waals surface area (Å²) in [7, 11) is 0. The van der Waals surface area contributed by atoms with Gasteiger partial charge in [0.05, 0.1) is 13.2 Å². The minimum Gasteiger partial charge on any atom is -0.344 e. The quantitative estimate of drug-likeness (QED) is 0.572. The number of alkyl halides is 1. The molecule has 0 saturated carbocycles. The highest BCUT2D eigenvalue weighted by molar-refractivity contribution is 6.19. The first-order valence-corrected chi connectivity index (χ1v) is 3.70. The van der Waals surface area contributed by atoms with Crippen molar-refractivity contribution in [2.45, 2.75) is 12.7 Å². The van der Waals surface area contributed by atoms with E-state index in [4.69, 9.17) is 21.1 Å². The molecule has 4 heteroatoms. The van der Waals surface area contributed by atoms with Crippen molar-refractivity contribution in [2.24, 2.45) is 0 Å². The Hall–Kier alpha value is -0.120. The summed E-state index contributed by atoms with van der Waals surface area (Å²) in [6.07, 6.45) is -0.314. The van der Waals surface area contributed by atoms with Crippen LogP contribution in [0.4, 0.5) is 0 Å². The van der Waals surface area contributed by atoms with Gasteiger partial charge < -0.3 is 9.47 Å². The topological polar surface area (TPSA) is 35.5 Å². The van der Waals surface area contributed by atoms with Crippen molar-refractivity contribution < 1.29 is 14.3 Å². The number of hydrogen-bond acceptors (Lipinski definition) is 3. The third-order valence-corrected chi connectivity index (χ3v) is 1.41. The zero-order chi connectivity index (χ0) is 7.40.